The first-order chi connectivity index (χ1) is 9.82. The summed E-state index contributed by atoms with van der Waals surface area (Å²) < 4.78 is 27.8. The van der Waals surface area contributed by atoms with Crippen LogP contribution in [0.15, 0.2) is 41.4 Å². The number of carbonyl (C=O) groups excluding carboxylic acids is 1. The molecule has 110 valence electrons. The lowest BCUT2D eigenvalue weighted by Gasteiger charge is -2.07. The molecular formula is C15H15NO4S. The van der Waals surface area contributed by atoms with Crippen LogP contribution < -0.4 is 0 Å². The highest BCUT2D eigenvalue weighted by Crippen LogP contribution is 2.23. The van der Waals surface area contributed by atoms with E-state index < -0.39 is 15.8 Å². The van der Waals surface area contributed by atoms with Gasteiger partial charge in [-0.1, -0.05) is 12.1 Å². The maximum atomic E-state index is 11.6. The van der Waals surface area contributed by atoms with Crippen molar-refractivity contribution in [3.63, 3.8) is 0 Å². The summed E-state index contributed by atoms with van der Waals surface area (Å²) in [4.78, 5) is 15.8. The number of sulfone groups is 1. The summed E-state index contributed by atoms with van der Waals surface area (Å²) in [6.07, 6.45) is 2.69. The average Bonchev–Trinajstić information content (AvgIpc) is 2.45. The first kappa shape index (κ1) is 15.2. The average molecular weight is 305 g/mol. The van der Waals surface area contributed by atoms with E-state index in [1.165, 1.54) is 13.3 Å². The number of carbonyl (C=O) groups is 1. The predicted octanol–water partition coefficient (Wildman–Crippen LogP) is 2.25. The van der Waals surface area contributed by atoms with E-state index in [0.717, 1.165) is 17.4 Å². The molecule has 0 amide bonds. The molecule has 2 aromatic rings. The summed E-state index contributed by atoms with van der Waals surface area (Å²) in [5.41, 5.74) is 2.39. The summed E-state index contributed by atoms with van der Waals surface area (Å²) in [5.74, 6) is -0.496. The van der Waals surface area contributed by atoms with Gasteiger partial charge in [0, 0.05) is 18.0 Å². The predicted molar refractivity (Wildman–Crippen MR) is 78.9 cm³/mol. The highest BCUT2D eigenvalue weighted by Gasteiger charge is 2.13. The Balaban J connectivity index is 2.49. The Morgan fingerprint density at radius 2 is 1.90 bits per heavy atom. The summed E-state index contributed by atoms with van der Waals surface area (Å²) in [5, 5.41) is 0. The lowest BCUT2D eigenvalue weighted by atomic mass is 10.0. The minimum absolute atomic E-state index is 0.245. The largest absolute Gasteiger partial charge is 0.464 e. The van der Waals surface area contributed by atoms with E-state index in [4.69, 9.17) is 0 Å². The number of aromatic nitrogens is 1. The summed E-state index contributed by atoms with van der Waals surface area (Å²) in [6.45, 7) is 1.75. The number of esters is 1. The van der Waals surface area contributed by atoms with Crippen LogP contribution in [0.1, 0.15) is 16.1 Å². The van der Waals surface area contributed by atoms with Crippen molar-refractivity contribution in [2.75, 3.05) is 13.4 Å². The van der Waals surface area contributed by atoms with Crippen LogP contribution in [0.2, 0.25) is 0 Å². The monoisotopic (exact) mass is 305 g/mol. The summed E-state index contributed by atoms with van der Waals surface area (Å²) in [7, 11) is -1.96. The number of benzene rings is 1. The van der Waals surface area contributed by atoms with E-state index in [2.05, 4.69) is 9.72 Å². The van der Waals surface area contributed by atoms with Gasteiger partial charge in [0.15, 0.2) is 15.5 Å². The van der Waals surface area contributed by atoms with Gasteiger partial charge in [-0.2, -0.15) is 0 Å². The third kappa shape index (κ3) is 3.28. The van der Waals surface area contributed by atoms with Crippen LogP contribution in [0.25, 0.3) is 11.1 Å². The number of aryl methyl sites for hydroxylation is 1. The molecule has 0 aliphatic heterocycles. The molecule has 0 aliphatic rings. The Labute approximate surface area is 123 Å². The Kier molecular flexibility index (Phi) is 4.09. The second-order valence-corrected chi connectivity index (χ2v) is 6.70. The van der Waals surface area contributed by atoms with Gasteiger partial charge in [0.25, 0.3) is 0 Å². The fourth-order valence-electron chi connectivity index (χ4n) is 1.95. The molecule has 0 saturated carbocycles. The Morgan fingerprint density at radius 1 is 1.19 bits per heavy atom. The molecule has 2 rings (SSSR count). The van der Waals surface area contributed by atoms with Gasteiger partial charge in [-0.15, -0.1) is 0 Å². The molecule has 1 aromatic heterocycles. The van der Waals surface area contributed by atoms with Crippen LogP contribution >= 0.6 is 0 Å². The molecule has 21 heavy (non-hydrogen) atoms. The van der Waals surface area contributed by atoms with Crippen LogP contribution in [0.4, 0.5) is 0 Å². The maximum absolute atomic E-state index is 11.6. The number of pyridine rings is 1. The number of methoxy groups -OCH3 is 1. The van der Waals surface area contributed by atoms with E-state index >= 15 is 0 Å². The van der Waals surface area contributed by atoms with Gasteiger partial charge in [-0.05, 0) is 36.2 Å². The molecule has 0 spiro atoms. The third-order valence-electron chi connectivity index (χ3n) is 3.05. The fourth-order valence-corrected chi connectivity index (χ4v) is 2.62. The molecule has 0 fully saturated rings. The highest BCUT2D eigenvalue weighted by molar-refractivity contribution is 7.90. The van der Waals surface area contributed by atoms with Crippen molar-refractivity contribution in [3.05, 3.63) is 47.8 Å². The Morgan fingerprint density at radius 3 is 2.48 bits per heavy atom. The molecule has 0 radical (unpaired) electrons. The summed E-state index contributed by atoms with van der Waals surface area (Å²) >= 11 is 0. The van der Waals surface area contributed by atoms with Gasteiger partial charge < -0.3 is 4.74 Å². The van der Waals surface area contributed by atoms with Crippen molar-refractivity contribution >= 4 is 15.8 Å². The molecule has 0 aliphatic carbocycles. The molecule has 1 aromatic carbocycles. The maximum Gasteiger partial charge on any atom is 0.356 e. The van der Waals surface area contributed by atoms with Gasteiger partial charge in [0.05, 0.1) is 12.0 Å². The van der Waals surface area contributed by atoms with E-state index in [1.807, 2.05) is 0 Å². The minimum Gasteiger partial charge on any atom is -0.464 e. The topological polar surface area (TPSA) is 73.3 Å². The lowest BCUT2D eigenvalue weighted by Crippen LogP contribution is -2.06. The van der Waals surface area contributed by atoms with E-state index in [0.29, 0.717) is 5.56 Å². The Bertz CT molecular complexity index is 797. The lowest BCUT2D eigenvalue weighted by molar-refractivity contribution is 0.0593. The second kappa shape index (κ2) is 5.65. The standard InChI is InChI=1S/C15H15NO4S/c1-10-7-12(9-16-14(10)15(17)20-2)11-5-4-6-13(8-11)21(3,18)19/h4-9H,1-3H3. The zero-order valence-corrected chi connectivity index (χ0v) is 12.8. The number of hydrogen-bond acceptors (Lipinski definition) is 5. The Hall–Kier alpha value is -2.21. The molecule has 5 nitrogen and oxygen atoms in total. The number of hydrogen-bond donors (Lipinski definition) is 0. The second-order valence-electron chi connectivity index (χ2n) is 4.68. The van der Waals surface area contributed by atoms with Crippen molar-refractivity contribution in [2.24, 2.45) is 0 Å². The van der Waals surface area contributed by atoms with E-state index in [1.54, 1.807) is 37.3 Å². The van der Waals surface area contributed by atoms with Crippen molar-refractivity contribution < 1.29 is 17.9 Å². The zero-order chi connectivity index (χ0) is 15.6. The number of rotatable bonds is 3. The van der Waals surface area contributed by atoms with Gasteiger partial charge in [-0.25, -0.2) is 18.2 Å². The molecule has 0 bridgehead atoms. The molecule has 6 heteroatoms. The molecule has 0 saturated heterocycles. The quantitative estimate of drug-likeness (QED) is 0.813. The minimum atomic E-state index is -3.26. The van der Waals surface area contributed by atoms with Crippen LogP contribution in [-0.2, 0) is 14.6 Å². The highest BCUT2D eigenvalue weighted by atomic mass is 32.2. The summed E-state index contributed by atoms with van der Waals surface area (Å²) in [6, 6.07) is 8.38. The first-order valence-corrected chi connectivity index (χ1v) is 8.07. The zero-order valence-electron chi connectivity index (χ0n) is 12.0. The van der Waals surface area contributed by atoms with E-state index in [-0.39, 0.29) is 10.6 Å². The van der Waals surface area contributed by atoms with Crippen LogP contribution in [-0.4, -0.2) is 32.7 Å². The van der Waals surface area contributed by atoms with Crippen LogP contribution in [0.3, 0.4) is 0 Å². The molecule has 0 unspecified atom stereocenters. The number of ether oxygens (including phenoxy) is 1. The van der Waals surface area contributed by atoms with Gasteiger partial charge in [-0.3, -0.25) is 0 Å². The first-order valence-electron chi connectivity index (χ1n) is 6.18. The number of nitrogens with zero attached hydrogens (tertiary/aromatic N) is 1. The third-order valence-corrected chi connectivity index (χ3v) is 4.16. The molecular weight excluding hydrogens is 290 g/mol. The smallest absolute Gasteiger partial charge is 0.356 e. The van der Waals surface area contributed by atoms with Crippen molar-refractivity contribution in [1.82, 2.24) is 4.98 Å². The SMILES string of the molecule is COC(=O)c1ncc(-c2cccc(S(C)(=O)=O)c2)cc1C. The molecule has 1 heterocycles. The molecule has 0 N–H and O–H groups in total. The van der Waals surface area contributed by atoms with Gasteiger partial charge in [0.2, 0.25) is 0 Å². The van der Waals surface area contributed by atoms with Gasteiger partial charge in [0.1, 0.15) is 0 Å². The van der Waals surface area contributed by atoms with Crippen molar-refractivity contribution in [1.29, 1.82) is 0 Å². The molecule has 0 atom stereocenters. The van der Waals surface area contributed by atoms with Crippen molar-refractivity contribution in [2.45, 2.75) is 11.8 Å². The van der Waals surface area contributed by atoms with Crippen molar-refractivity contribution in [3.8, 4) is 11.1 Å². The fraction of sp³-hybridized carbons (Fsp3) is 0.200. The van der Waals surface area contributed by atoms with Crippen LogP contribution in [0.5, 0.6) is 0 Å². The van der Waals surface area contributed by atoms with Gasteiger partial charge >= 0.3 is 5.97 Å². The van der Waals surface area contributed by atoms with E-state index in [9.17, 15) is 13.2 Å². The van der Waals surface area contributed by atoms with Crippen LogP contribution in [0, 0.1) is 6.92 Å². The normalized spacial score (nSPS) is 11.2.